The molecule has 1 aromatic carbocycles. The van der Waals surface area contributed by atoms with Gasteiger partial charge < -0.3 is 9.64 Å². The molecule has 0 unspecified atom stereocenters. The number of thiophene rings is 1. The highest BCUT2D eigenvalue weighted by atomic mass is 32.1. The molecular weight excluding hydrogens is 318 g/mol. The monoisotopic (exact) mass is 341 g/mol. The van der Waals surface area contributed by atoms with Crippen molar-refractivity contribution < 1.29 is 9.53 Å². The van der Waals surface area contributed by atoms with Crippen molar-refractivity contribution in [1.29, 1.82) is 0 Å². The number of nitrogens with zero attached hydrogens (tertiary/aromatic N) is 1. The lowest BCUT2D eigenvalue weighted by Crippen LogP contribution is -2.44. The molecule has 1 spiro atoms. The maximum absolute atomic E-state index is 13.1. The lowest BCUT2D eigenvalue weighted by atomic mass is 9.77. The predicted molar refractivity (Wildman–Crippen MR) is 96.7 cm³/mol. The second kappa shape index (κ2) is 5.92. The lowest BCUT2D eigenvalue weighted by Gasteiger charge is -2.42. The van der Waals surface area contributed by atoms with Crippen LogP contribution in [0.15, 0.2) is 30.3 Å². The fourth-order valence-electron chi connectivity index (χ4n) is 4.29. The van der Waals surface area contributed by atoms with Crippen molar-refractivity contribution in [1.82, 2.24) is 4.90 Å². The third kappa shape index (κ3) is 2.35. The SMILES string of the molecule is COc1ccc(CN2C(=O)c3sc(C)cc3C23CCCCC3)cc1. The van der Waals surface area contributed by atoms with Crippen LogP contribution >= 0.6 is 11.3 Å². The van der Waals surface area contributed by atoms with Gasteiger partial charge in [-0.15, -0.1) is 11.3 Å². The Kier molecular flexibility index (Phi) is 3.87. The van der Waals surface area contributed by atoms with Gasteiger partial charge in [-0.25, -0.2) is 0 Å². The molecule has 1 aliphatic carbocycles. The van der Waals surface area contributed by atoms with Gasteiger partial charge in [0.1, 0.15) is 5.75 Å². The molecule has 0 saturated heterocycles. The topological polar surface area (TPSA) is 29.5 Å². The van der Waals surface area contributed by atoms with Crippen LogP contribution in [0.2, 0.25) is 0 Å². The minimum Gasteiger partial charge on any atom is -0.497 e. The van der Waals surface area contributed by atoms with Crippen molar-refractivity contribution >= 4 is 17.2 Å². The van der Waals surface area contributed by atoms with E-state index >= 15 is 0 Å². The quantitative estimate of drug-likeness (QED) is 0.796. The van der Waals surface area contributed by atoms with Gasteiger partial charge in [0.05, 0.1) is 17.5 Å². The average molecular weight is 341 g/mol. The molecule has 0 bridgehead atoms. The number of methoxy groups -OCH3 is 1. The number of hydrogen-bond donors (Lipinski definition) is 0. The van der Waals surface area contributed by atoms with E-state index in [4.69, 9.17) is 4.74 Å². The number of carbonyl (C=O) groups is 1. The summed E-state index contributed by atoms with van der Waals surface area (Å²) < 4.78 is 5.24. The Morgan fingerprint density at radius 3 is 2.54 bits per heavy atom. The van der Waals surface area contributed by atoms with Crippen LogP contribution in [0.25, 0.3) is 0 Å². The number of aryl methyl sites for hydroxylation is 1. The summed E-state index contributed by atoms with van der Waals surface area (Å²) in [5.74, 6) is 1.08. The van der Waals surface area contributed by atoms with Crippen LogP contribution in [-0.2, 0) is 12.1 Å². The van der Waals surface area contributed by atoms with Crippen molar-refractivity contribution in [3.8, 4) is 5.75 Å². The third-order valence-electron chi connectivity index (χ3n) is 5.49. The minimum absolute atomic E-state index is 0.0741. The summed E-state index contributed by atoms with van der Waals surface area (Å²) in [5, 5.41) is 0. The van der Waals surface area contributed by atoms with Crippen LogP contribution in [0.5, 0.6) is 5.75 Å². The highest BCUT2D eigenvalue weighted by Crippen LogP contribution is 2.51. The van der Waals surface area contributed by atoms with Gasteiger partial charge in [-0.05, 0) is 43.5 Å². The van der Waals surface area contributed by atoms with Gasteiger partial charge in [0, 0.05) is 17.0 Å². The summed E-state index contributed by atoms with van der Waals surface area (Å²) in [4.78, 5) is 17.5. The molecular formula is C20H23NO2S. The van der Waals surface area contributed by atoms with Crippen molar-refractivity contribution in [2.24, 2.45) is 0 Å². The normalized spacial score (nSPS) is 18.9. The summed E-state index contributed by atoms with van der Waals surface area (Å²) in [5.41, 5.74) is 2.39. The van der Waals surface area contributed by atoms with E-state index < -0.39 is 0 Å². The Labute approximate surface area is 147 Å². The summed E-state index contributed by atoms with van der Waals surface area (Å²) >= 11 is 1.66. The average Bonchev–Trinajstić information content (AvgIpc) is 3.09. The summed E-state index contributed by atoms with van der Waals surface area (Å²) in [6, 6.07) is 10.4. The lowest BCUT2D eigenvalue weighted by molar-refractivity contribution is 0.0387. The van der Waals surface area contributed by atoms with E-state index in [9.17, 15) is 4.79 Å². The summed E-state index contributed by atoms with van der Waals surface area (Å²) in [6.07, 6.45) is 5.89. The van der Waals surface area contributed by atoms with Crippen molar-refractivity contribution in [2.75, 3.05) is 7.11 Å². The maximum atomic E-state index is 13.1. The van der Waals surface area contributed by atoms with Gasteiger partial charge in [0.15, 0.2) is 0 Å². The van der Waals surface area contributed by atoms with Crippen molar-refractivity contribution in [3.05, 3.63) is 51.2 Å². The summed E-state index contributed by atoms with van der Waals surface area (Å²) in [6.45, 7) is 2.80. The molecule has 4 heteroatoms. The Hall–Kier alpha value is -1.81. The Morgan fingerprint density at radius 1 is 1.17 bits per heavy atom. The Morgan fingerprint density at radius 2 is 1.88 bits per heavy atom. The molecule has 1 aromatic heterocycles. The standard InChI is InChI=1S/C20H23NO2S/c1-14-12-17-18(24-14)19(22)21(20(17)10-4-3-5-11-20)13-15-6-8-16(23-2)9-7-15/h6-9,12H,3-5,10-11,13H2,1-2H3. The fourth-order valence-corrected chi connectivity index (χ4v) is 5.35. The molecule has 126 valence electrons. The van der Waals surface area contributed by atoms with Crippen LogP contribution < -0.4 is 4.74 Å². The van der Waals surface area contributed by atoms with Gasteiger partial charge in [-0.3, -0.25) is 4.79 Å². The molecule has 2 aliphatic rings. The second-order valence-corrected chi connectivity index (χ2v) is 8.19. The van der Waals surface area contributed by atoms with Gasteiger partial charge >= 0.3 is 0 Å². The molecule has 0 N–H and O–H groups in total. The van der Waals surface area contributed by atoms with Gasteiger partial charge in [0.2, 0.25) is 0 Å². The zero-order chi connectivity index (χ0) is 16.7. The molecule has 3 nitrogen and oxygen atoms in total. The van der Waals surface area contributed by atoms with Gasteiger partial charge in [0.25, 0.3) is 5.91 Å². The molecule has 4 rings (SSSR count). The highest BCUT2D eigenvalue weighted by molar-refractivity contribution is 7.14. The van der Waals surface area contributed by atoms with Crippen LogP contribution in [-0.4, -0.2) is 17.9 Å². The van der Waals surface area contributed by atoms with Crippen LogP contribution in [0, 0.1) is 6.92 Å². The first-order valence-corrected chi connectivity index (χ1v) is 9.51. The molecule has 1 fully saturated rings. The predicted octanol–water partition coefficient (Wildman–Crippen LogP) is 4.88. The van der Waals surface area contributed by atoms with E-state index in [1.54, 1.807) is 18.4 Å². The Bertz CT molecular complexity index is 756. The first-order chi connectivity index (χ1) is 11.6. The number of carbonyl (C=O) groups excluding carboxylic acids is 1. The molecule has 0 radical (unpaired) electrons. The Balaban J connectivity index is 1.70. The van der Waals surface area contributed by atoms with E-state index in [-0.39, 0.29) is 11.4 Å². The van der Waals surface area contributed by atoms with E-state index in [1.807, 2.05) is 12.1 Å². The number of benzene rings is 1. The second-order valence-electron chi connectivity index (χ2n) is 6.93. The van der Waals surface area contributed by atoms with Gasteiger partial charge in [-0.1, -0.05) is 31.4 Å². The molecule has 1 amide bonds. The number of rotatable bonds is 3. The molecule has 2 aromatic rings. The zero-order valence-corrected chi connectivity index (χ0v) is 15.1. The fraction of sp³-hybridized carbons (Fsp3) is 0.450. The minimum atomic E-state index is -0.0741. The van der Waals surface area contributed by atoms with E-state index in [0.29, 0.717) is 6.54 Å². The largest absolute Gasteiger partial charge is 0.497 e. The number of hydrogen-bond acceptors (Lipinski definition) is 3. The van der Waals surface area contributed by atoms with E-state index in [1.165, 1.54) is 35.3 Å². The number of amides is 1. The molecule has 0 atom stereocenters. The molecule has 2 heterocycles. The highest BCUT2D eigenvalue weighted by Gasteiger charge is 2.50. The molecule has 24 heavy (non-hydrogen) atoms. The van der Waals surface area contributed by atoms with E-state index in [2.05, 4.69) is 30.0 Å². The first-order valence-electron chi connectivity index (χ1n) is 8.70. The van der Waals surface area contributed by atoms with E-state index in [0.717, 1.165) is 23.5 Å². The van der Waals surface area contributed by atoms with Gasteiger partial charge in [-0.2, -0.15) is 0 Å². The smallest absolute Gasteiger partial charge is 0.265 e. The summed E-state index contributed by atoms with van der Waals surface area (Å²) in [7, 11) is 1.68. The first kappa shape index (κ1) is 15.7. The van der Waals surface area contributed by atoms with Crippen molar-refractivity contribution in [2.45, 2.75) is 51.1 Å². The maximum Gasteiger partial charge on any atom is 0.265 e. The zero-order valence-electron chi connectivity index (χ0n) is 14.3. The number of ether oxygens (including phenoxy) is 1. The van der Waals surface area contributed by atoms with Crippen molar-refractivity contribution in [3.63, 3.8) is 0 Å². The van der Waals surface area contributed by atoms with Crippen LogP contribution in [0.3, 0.4) is 0 Å². The molecule has 1 aliphatic heterocycles. The van der Waals surface area contributed by atoms with Crippen LogP contribution in [0.1, 0.15) is 57.8 Å². The van der Waals surface area contributed by atoms with Crippen LogP contribution in [0.4, 0.5) is 0 Å². The molecule has 1 saturated carbocycles. The third-order valence-corrected chi connectivity index (χ3v) is 6.53. The number of fused-ring (bicyclic) bond motifs is 2.